The second-order valence-corrected chi connectivity index (χ2v) is 6.43. The van der Waals surface area contributed by atoms with Crippen LogP contribution in [0.3, 0.4) is 0 Å². The van der Waals surface area contributed by atoms with Gasteiger partial charge in [-0.3, -0.25) is 4.18 Å². The lowest BCUT2D eigenvalue weighted by Crippen LogP contribution is -2.25. The molecular formula is C11H22O3S. The molecule has 0 aliphatic heterocycles. The molecule has 0 heterocycles. The van der Waals surface area contributed by atoms with Crippen LogP contribution in [0.2, 0.25) is 0 Å². The predicted molar refractivity (Wildman–Crippen MR) is 61.3 cm³/mol. The third-order valence-electron chi connectivity index (χ3n) is 3.06. The molecule has 0 bridgehead atoms. The van der Waals surface area contributed by atoms with Crippen molar-refractivity contribution in [2.75, 3.05) is 6.61 Å². The summed E-state index contributed by atoms with van der Waals surface area (Å²) in [5.74, 6) is 0. The van der Waals surface area contributed by atoms with E-state index in [9.17, 15) is 8.42 Å². The van der Waals surface area contributed by atoms with Gasteiger partial charge < -0.3 is 0 Å². The molecular weight excluding hydrogens is 212 g/mol. The second-order valence-electron chi connectivity index (χ2n) is 4.42. The van der Waals surface area contributed by atoms with E-state index < -0.39 is 14.9 Å². The average Bonchev–Trinajstić information content (AvgIpc) is 2.96. The number of hydrogen-bond acceptors (Lipinski definition) is 3. The largest absolute Gasteiger partial charge is 0.273 e. The van der Waals surface area contributed by atoms with E-state index in [1.165, 1.54) is 0 Å². The van der Waals surface area contributed by atoms with Gasteiger partial charge in [-0.1, -0.05) is 33.1 Å². The summed E-state index contributed by atoms with van der Waals surface area (Å²) >= 11 is 0. The van der Waals surface area contributed by atoms with Crippen molar-refractivity contribution in [3.05, 3.63) is 0 Å². The summed E-state index contributed by atoms with van der Waals surface area (Å²) in [7, 11) is -3.29. The van der Waals surface area contributed by atoms with Crippen LogP contribution in [-0.2, 0) is 14.3 Å². The maximum atomic E-state index is 11.9. The zero-order valence-electron chi connectivity index (χ0n) is 9.79. The minimum absolute atomic E-state index is 0.354. The van der Waals surface area contributed by atoms with Gasteiger partial charge in [0.05, 0.1) is 11.4 Å². The van der Waals surface area contributed by atoms with E-state index in [0.29, 0.717) is 6.61 Å². The summed E-state index contributed by atoms with van der Waals surface area (Å²) in [5.41, 5.74) is 0. The molecule has 90 valence electrons. The van der Waals surface area contributed by atoms with E-state index >= 15 is 0 Å². The molecule has 1 fully saturated rings. The third-order valence-corrected chi connectivity index (χ3v) is 5.21. The van der Waals surface area contributed by atoms with Crippen LogP contribution in [0.1, 0.15) is 58.8 Å². The smallest absolute Gasteiger partial charge is 0.270 e. The lowest BCUT2D eigenvalue weighted by atomic mass is 10.2. The van der Waals surface area contributed by atoms with Gasteiger partial charge in [0, 0.05) is 0 Å². The van der Waals surface area contributed by atoms with E-state index in [4.69, 9.17) is 4.18 Å². The fourth-order valence-corrected chi connectivity index (χ4v) is 3.29. The topological polar surface area (TPSA) is 43.4 Å². The second kappa shape index (κ2) is 5.30. The Morgan fingerprint density at radius 1 is 1.13 bits per heavy atom. The Morgan fingerprint density at radius 3 is 2.20 bits per heavy atom. The molecule has 0 unspecified atom stereocenters. The fraction of sp³-hybridized carbons (Fsp3) is 1.00. The van der Waals surface area contributed by atoms with Crippen molar-refractivity contribution in [2.45, 2.75) is 63.5 Å². The van der Waals surface area contributed by atoms with Crippen molar-refractivity contribution < 1.29 is 12.6 Å². The SMILES string of the molecule is CCCCOS(=O)(=O)C1(CCCC)CC1. The van der Waals surface area contributed by atoms with E-state index in [2.05, 4.69) is 6.92 Å². The Balaban J connectivity index is 2.46. The maximum absolute atomic E-state index is 11.9. The quantitative estimate of drug-likeness (QED) is 0.479. The molecule has 15 heavy (non-hydrogen) atoms. The maximum Gasteiger partial charge on any atom is 0.273 e. The first-order valence-electron chi connectivity index (χ1n) is 5.97. The van der Waals surface area contributed by atoms with E-state index in [1.807, 2.05) is 6.92 Å². The normalized spacial score (nSPS) is 19.1. The molecule has 0 aromatic rings. The van der Waals surface area contributed by atoms with Gasteiger partial charge in [-0.15, -0.1) is 0 Å². The van der Waals surface area contributed by atoms with Crippen LogP contribution in [-0.4, -0.2) is 19.8 Å². The van der Waals surface area contributed by atoms with E-state index in [-0.39, 0.29) is 0 Å². The molecule has 0 aromatic carbocycles. The molecule has 0 saturated heterocycles. The fourth-order valence-electron chi connectivity index (χ4n) is 1.70. The molecule has 0 aromatic heterocycles. The summed E-state index contributed by atoms with van der Waals surface area (Å²) in [6.45, 7) is 4.47. The highest BCUT2D eigenvalue weighted by atomic mass is 32.2. The molecule has 1 rings (SSSR count). The Kier molecular flexibility index (Phi) is 4.59. The highest BCUT2D eigenvalue weighted by Gasteiger charge is 2.54. The first-order chi connectivity index (χ1) is 7.08. The molecule has 0 spiro atoms. The first kappa shape index (κ1) is 13.0. The molecule has 1 aliphatic rings. The number of unbranched alkanes of at least 4 members (excludes halogenated alkanes) is 2. The van der Waals surface area contributed by atoms with Gasteiger partial charge in [0.2, 0.25) is 0 Å². The van der Waals surface area contributed by atoms with Gasteiger partial charge >= 0.3 is 0 Å². The molecule has 3 nitrogen and oxygen atoms in total. The zero-order chi connectivity index (χ0) is 11.4. The van der Waals surface area contributed by atoms with E-state index in [1.54, 1.807) is 0 Å². The Hall–Kier alpha value is -0.0900. The van der Waals surface area contributed by atoms with Crippen molar-refractivity contribution in [2.24, 2.45) is 0 Å². The van der Waals surface area contributed by atoms with Crippen molar-refractivity contribution in [1.29, 1.82) is 0 Å². The summed E-state index contributed by atoms with van der Waals surface area (Å²) in [6.07, 6.45) is 6.18. The highest BCUT2D eigenvalue weighted by molar-refractivity contribution is 7.88. The van der Waals surface area contributed by atoms with Gasteiger partial charge in [0.25, 0.3) is 10.1 Å². The number of hydrogen-bond donors (Lipinski definition) is 0. The minimum Gasteiger partial charge on any atom is -0.270 e. The minimum atomic E-state index is -3.29. The van der Waals surface area contributed by atoms with Crippen LogP contribution >= 0.6 is 0 Å². The zero-order valence-corrected chi connectivity index (χ0v) is 10.6. The van der Waals surface area contributed by atoms with Crippen molar-refractivity contribution >= 4 is 10.1 Å². The molecule has 4 heteroatoms. The molecule has 0 atom stereocenters. The van der Waals surface area contributed by atoms with Crippen LogP contribution in [0.5, 0.6) is 0 Å². The van der Waals surface area contributed by atoms with Crippen molar-refractivity contribution in [3.63, 3.8) is 0 Å². The first-order valence-corrected chi connectivity index (χ1v) is 7.38. The Bertz CT molecular complexity index is 278. The number of rotatable bonds is 8. The summed E-state index contributed by atoms with van der Waals surface area (Å²) in [6, 6.07) is 0. The third kappa shape index (κ3) is 3.18. The lowest BCUT2D eigenvalue weighted by molar-refractivity contribution is 0.301. The lowest BCUT2D eigenvalue weighted by Gasteiger charge is -2.15. The van der Waals surface area contributed by atoms with Crippen LogP contribution in [0.15, 0.2) is 0 Å². The van der Waals surface area contributed by atoms with Crippen LogP contribution in [0.25, 0.3) is 0 Å². The van der Waals surface area contributed by atoms with Gasteiger partial charge in [0.1, 0.15) is 0 Å². The van der Waals surface area contributed by atoms with Crippen LogP contribution in [0.4, 0.5) is 0 Å². The Morgan fingerprint density at radius 2 is 1.73 bits per heavy atom. The van der Waals surface area contributed by atoms with E-state index in [0.717, 1.165) is 44.9 Å². The van der Waals surface area contributed by atoms with Crippen molar-refractivity contribution in [3.8, 4) is 0 Å². The van der Waals surface area contributed by atoms with Gasteiger partial charge in [-0.05, 0) is 25.7 Å². The predicted octanol–water partition coefficient (Wildman–Crippen LogP) is 2.86. The standard InChI is InChI=1S/C11H22O3S/c1-3-5-7-11(8-9-11)15(12,13)14-10-6-4-2/h3-10H2,1-2H3. The van der Waals surface area contributed by atoms with Crippen molar-refractivity contribution in [1.82, 2.24) is 0 Å². The van der Waals surface area contributed by atoms with Gasteiger partial charge in [-0.25, -0.2) is 0 Å². The molecule has 1 saturated carbocycles. The summed E-state index contributed by atoms with van der Waals surface area (Å²) in [4.78, 5) is 0. The summed E-state index contributed by atoms with van der Waals surface area (Å²) < 4.78 is 28.3. The van der Waals surface area contributed by atoms with Gasteiger partial charge in [-0.2, -0.15) is 8.42 Å². The molecule has 0 radical (unpaired) electrons. The summed E-state index contributed by atoms with van der Waals surface area (Å²) in [5, 5.41) is 0. The molecule has 0 amide bonds. The van der Waals surface area contributed by atoms with Gasteiger partial charge in [0.15, 0.2) is 0 Å². The van der Waals surface area contributed by atoms with Crippen LogP contribution < -0.4 is 0 Å². The highest BCUT2D eigenvalue weighted by Crippen LogP contribution is 2.48. The Labute approximate surface area is 93.3 Å². The monoisotopic (exact) mass is 234 g/mol. The molecule has 0 N–H and O–H groups in total. The average molecular weight is 234 g/mol. The molecule has 1 aliphatic carbocycles. The van der Waals surface area contributed by atoms with Crippen LogP contribution in [0, 0.1) is 0 Å².